The van der Waals surface area contributed by atoms with Gasteiger partial charge in [-0.05, 0) is 73.2 Å². The summed E-state index contributed by atoms with van der Waals surface area (Å²) in [5, 5.41) is 17.2. The molecule has 1 saturated heterocycles. The van der Waals surface area contributed by atoms with Crippen molar-refractivity contribution >= 4 is 87.6 Å². The van der Waals surface area contributed by atoms with E-state index in [0.29, 0.717) is 61.1 Å². The molecule has 0 bridgehead atoms. The van der Waals surface area contributed by atoms with E-state index in [1.807, 2.05) is 37.4 Å². The van der Waals surface area contributed by atoms with E-state index in [4.69, 9.17) is 31.9 Å². The first-order valence-electron chi connectivity index (χ1n) is 25.6. The average Bonchev–Trinajstić information content (AvgIpc) is 4.20. The summed E-state index contributed by atoms with van der Waals surface area (Å²) < 4.78 is 38.5. The fraction of sp³-hybridized carbons (Fsp3) is 0.375. The van der Waals surface area contributed by atoms with Crippen LogP contribution in [0.15, 0.2) is 85.3 Å². The molecule has 5 aromatic rings. The van der Waals surface area contributed by atoms with E-state index in [1.165, 1.54) is 36.1 Å². The Morgan fingerprint density at radius 2 is 1.70 bits per heavy atom. The number of nitrogens with zero attached hydrogens (tertiary/aromatic N) is 5. The maximum Gasteiger partial charge on any atom is 0.414 e. The van der Waals surface area contributed by atoms with Crippen molar-refractivity contribution in [2.45, 2.75) is 76.6 Å². The number of benzene rings is 3. The molecule has 8 rings (SSSR count). The van der Waals surface area contributed by atoms with Crippen molar-refractivity contribution in [1.29, 1.82) is 0 Å². The zero-order valence-corrected chi connectivity index (χ0v) is 46.8. The number of ether oxygens (including phenoxy) is 5. The Hall–Kier alpha value is -7.74. The summed E-state index contributed by atoms with van der Waals surface area (Å²) in [7, 11) is 7.86. The first-order chi connectivity index (χ1) is 38.0. The molecule has 418 valence electrons. The molecule has 4 N–H and O–H groups in total. The van der Waals surface area contributed by atoms with Gasteiger partial charge in [-0.25, -0.2) is 4.79 Å². The van der Waals surface area contributed by atoms with E-state index in [1.54, 1.807) is 101 Å². The maximum absolute atomic E-state index is 14.6. The molecule has 0 aliphatic carbocycles. The molecule has 3 aromatic carbocycles. The van der Waals surface area contributed by atoms with Crippen molar-refractivity contribution in [1.82, 2.24) is 24.7 Å². The second kappa shape index (κ2) is 25.8. The number of aliphatic hydroxyl groups is 1. The maximum atomic E-state index is 14.6. The number of fused-ring (bicyclic) bond motifs is 2. The number of aldehydes is 1. The van der Waals surface area contributed by atoms with Crippen LogP contribution >= 0.6 is 23.0 Å². The molecular formula is C56H63IN8O14. The van der Waals surface area contributed by atoms with Crippen molar-refractivity contribution in [3.8, 4) is 17.2 Å². The molecule has 0 radical (unpaired) electrons. The van der Waals surface area contributed by atoms with Gasteiger partial charge in [0.15, 0.2) is 11.5 Å². The van der Waals surface area contributed by atoms with E-state index >= 15 is 0 Å². The van der Waals surface area contributed by atoms with Gasteiger partial charge in [0.2, 0.25) is 12.2 Å². The third-order valence-corrected chi connectivity index (χ3v) is 14.5. The van der Waals surface area contributed by atoms with Gasteiger partial charge < -0.3 is 71.5 Å². The molecule has 6 amide bonds. The third-order valence-electron chi connectivity index (χ3n) is 13.8. The number of rotatable bonds is 21. The minimum atomic E-state index is -0.878. The third kappa shape index (κ3) is 13.4. The van der Waals surface area contributed by atoms with E-state index < -0.39 is 30.4 Å². The minimum Gasteiger partial charge on any atom is -0.493 e. The number of methoxy groups -OCH3 is 1. The molecule has 1 unspecified atom stereocenters. The molecule has 23 heteroatoms. The van der Waals surface area contributed by atoms with Crippen molar-refractivity contribution in [3.05, 3.63) is 125 Å². The molecular weight excluding hydrogens is 1140 g/mol. The number of aromatic nitrogens is 2. The lowest BCUT2D eigenvalue weighted by molar-refractivity contribution is -0.170. The van der Waals surface area contributed by atoms with Crippen LogP contribution in [-0.2, 0) is 42.8 Å². The van der Waals surface area contributed by atoms with Crippen LogP contribution in [0, 0.1) is 6.92 Å². The van der Waals surface area contributed by atoms with Crippen molar-refractivity contribution in [2.75, 3.05) is 62.6 Å². The Balaban J connectivity index is 0.957. The van der Waals surface area contributed by atoms with Gasteiger partial charge in [0.25, 0.3) is 23.6 Å². The quantitative estimate of drug-likeness (QED) is 0.0350. The number of halogens is 1. The first kappa shape index (κ1) is 57.4. The number of aryl methyl sites for hydroxylation is 3. The van der Waals surface area contributed by atoms with Gasteiger partial charge in [-0.3, -0.25) is 28.9 Å². The number of hydrogen-bond donors (Lipinski definition) is 4. The summed E-state index contributed by atoms with van der Waals surface area (Å²) in [6.45, 7) is 2.05. The van der Waals surface area contributed by atoms with Crippen LogP contribution in [-0.4, -0.2) is 133 Å². The second-order valence-corrected chi connectivity index (χ2v) is 19.9. The topological polar surface area (TPSA) is 251 Å². The van der Waals surface area contributed by atoms with Crippen molar-refractivity contribution in [2.24, 2.45) is 14.1 Å². The predicted octanol–water partition coefficient (Wildman–Crippen LogP) is 6.46. The zero-order valence-electron chi connectivity index (χ0n) is 44.6. The monoisotopic (exact) mass is 1200 g/mol. The molecule has 0 saturated carbocycles. The van der Waals surface area contributed by atoms with Gasteiger partial charge in [0.05, 0.1) is 60.6 Å². The van der Waals surface area contributed by atoms with E-state index in [9.17, 15) is 33.6 Å². The number of anilines is 3. The predicted molar refractivity (Wildman–Crippen MR) is 299 cm³/mol. The van der Waals surface area contributed by atoms with Gasteiger partial charge in [0.1, 0.15) is 59.1 Å². The first-order valence-corrected chi connectivity index (χ1v) is 26.5. The molecule has 22 nitrogen and oxygen atoms in total. The normalized spacial score (nSPS) is 17.6. The molecule has 5 heterocycles. The Kier molecular flexibility index (Phi) is 18.8. The lowest BCUT2D eigenvalue weighted by atomic mass is 10.0. The van der Waals surface area contributed by atoms with Gasteiger partial charge in [-0.1, -0.05) is 35.9 Å². The Morgan fingerprint density at radius 1 is 0.924 bits per heavy atom. The van der Waals surface area contributed by atoms with Crippen LogP contribution in [0.25, 0.3) is 5.57 Å². The Bertz CT molecular complexity index is 3140. The number of carbonyl (C=O) groups is 7. The van der Waals surface area contributed by atoms with Crippen molar-refractivity contribution in [3.63, 3.8) is 0 Å². The Morgan fingerprint density at radius 3 is 2.42 bits per heavy atom. The van der Waals surface area contributed by atoms with Crippen molar-refractivity contribution < 1.29 is 65.4 Å². The van der Waals surface area contributed by atoms with Gasteiger partial charge in [-0.15, -0.1) is 0 Å². The molecule has 2 aromatic heterocycles. The lowest BCUT2D eigenvalue weighted by Gasteiger charge is -2.32. The summed E-state index contributed by atoms with van der Waals surface area (Å²) in [5.41, 5.74) is 5.39. The van der Waals surface area contributed by atoms with Crippen LogP contribution in [0.3, 0.4) is 0 Å². The number of carbonyl (C=O) groups excluding carboxylic acids is 7. The number of nitrogens with one attached hydrogen (secondary N) is 3. The summed E-state index contributed by atoms with van der Waals surface area (Å²) in [6, 6.07) is 18.5. The van der Waals surface area contributed by atoms with E-state index in [-0.39, 0.29) is 109 Å². The highest BCUT2D eigenvalue weighted by molar-refractivity contribution is 14.1. The molecule has 1 fully saturated rings. The van der Waals surface area contributed by atoms with Crippen LogP contribution in [0.1, 0.15) is 96.9 Å². The summed E-state index contributed by atoms with van der Waals surface area (Å²) in [4.78, 5) is 98.0. The summed E-state index contributed by atoms with van der Waals surface area (Å²) in [6.07, 6.45) is 4.85. The second-order valence-electron chi connectivity index (χ2n) is 19.3. The molecule has 3 aliphatic heterocycles. The fourth-order valence-corrected chi connectivity index (χ4v) is 9.93. The molecule has 4 atom stereocenters. The highest BCUT2D eigenvalue weighted by Crippen LogP contribution is 2.42. The fourth-order valence-electron chi connectivity index (χ4n) is 9.51. The van der Waals surface area contributed by atoms with Crippen LogP contribution in [0.4, 0.5) is 21.9 Å². The van der Waals surface area contributed by atoms with Crippen LogP contribution in [0.2, 0.25) is 0 Å². The minimum absolute atomic E-state index is 0.0272. The van der Waals surface area contributed by atoms with Gasteiger partial charge in [0, 0.05) is 85.3 Å². The average molecular weight is 1200 g/mol. The lowest BCUT2D eigenvalue weighted by Crippen LogP contribution is -2.41. The van der Waals surface area contributed by atoms with Crippen LogP contribution in [0.5, 0.6) is 17.2 Å². The molecule has 79 heavy (non-hydrogen) atoms. The smallest absolute Gasteiger partial charge is 0.414 e. The number of amides is 6. The molecule has 3 aliphatic rings. The summed E-state index contributed by atoms with van der Waals surface area (Å²) >= 11 is 1.77. The molecule has 0 spiro atoms. The van der Waals surface area contributed by atoms with Gasteiger partial charge >= 0.3 is 6.09 Å². The van der Waals surface area contributed by atoms with Gasteiger partial charge in [-0.2, -0.15) is 0 Å². The standard InChI is InChI=1S/C56H63IN8O14/c1-33-10-13-35(14-11-33)36-20-39-30-65(56(73)76-32-34-12-15-47(43(19-34)52(69)58-2)78-51-24-40(79-57)23-41(31-67)77-51)44-26-49(48(74-6)25-42(44)54(71)64(39)27-36)75-18-7-9-50(68)60-37-21-46(61(3)28-37)55(72)63(5)38-22-45(62(4)29-38)53(70)59-16-8-17-66/h10-15,19,21-22,25-29,31,39-41,51,66H,7-9,16-18,20,23-24,30,32H2,1-6H3,(H,58,69)(H,59,70)(H,60,68)/t39?,40-,41-,51-/m0/s1. The highest BCUT2D eigenvalue weighted by Gasteiger charge is 2.40. The van der Waals surface area contributed by atoms with E-state index in [2.05, 4.69) is 16.0 Å². The number of aliphatic hydroxyl groups excluding tert-OH is 1. The SMILES string of the molecule is CNC(=O)c1cc(COC(=O)N2CC3CC(c4ccc(C)cc4)=CN3C(=O)c3cc(OC)c(OCCCC(=O)Nc4cc(C(=O)N(C)c5cc(C(=O)NCCCO)n(C)c5)n(C)c4)cc32)ccc1O[C@H]1C[C@@H](OI)C[C@@H](C=O)O1. The zero-order chi connectivity index (χ0) is 56.5. The largest absolute Gasteiger partial charge is 0.493 e. The summed E-state index contributed by atoms with van der Waals surface area (Å²) in [5.74, 6) is -1.30. The Labute approximate surface area is 470 Å². The number of hydrogen-bond acceptors (Lipinski definition) is 14. The van der Waals surface area contributed by atoms with Crippen LogP contribution < -0.4 is 40.0 Å². The van der Waals surface area contributed by atoms with E-state index in [0.717, 1.165) is 16.7 Å². The highest BCUT2D eigenvalue weighted by atomic mass is 127.